The van der Waals surface area contributed by atoms with Crippen molar-refractivity contribution < 1.29 is 0 Å². The fourth-order valence-corrected chi connectivity index (χ4v) is 2.09. The number of nitrogens with zero attached hydrogens (tertiary/aromatic N) is 5. The summed E-state index contributed by atoms with van der Waals surface area (Å²) in [5.41, 5.74) is 2.24. The van der Waals surface area contributed by atoms with Gasteiger partial charge in [-0.2, -0.15) is 15.0 Å². The van der Waals surface area contributed by atoms with E-state index in [0.717, 1.165) is 17.8 Å². The number of para-hydroxylation sites is 1. The highest BCUT2D eigenvalue weighted by molar-refractivity contribution is 6.28. The van der Waals surface area contributed by atoms with E-state index >= 15 is 0 Å². The van der Waals surface area contributed by atoms with Crippen molar-refractivity contribution in [1.82, 2.24) is 15.0 Å². The Kier molecular flexibility index (Phi) is 4.39. The first-order valence-corrected chi connectivity index (χ1v) is 6.82. The molecule has 0 spiro atoms. The normalized spacial score (nSPS) is 10.4. The maximum absolute atomic E-state index is 6.01. The van der Waals surface area contributed by atoms with Gasteiger partial charge in [0.05, 0.1) is 0 Å². The minimum Gasteiger partial charge on any atom is -0.347 e. The lowest BCUT2D eigenvalue weighted by molar-refractivity contribution is 0.892. The molecule has 0 fully saturated rings. The molecule has 0 bridgehead atoms. The molecule has 0 saturated carbocycles. The van der Waals surface area contributed by atoms with Crippen LogP contribution in [-0.2, 0) is 0 Å². The smallest absolute Gasteiger partial charge is 0.236 e. The highest BCUT2D eigenvalue weighted by Crippen LogP contribution is 2.26. The van der Waals surface area contributed by atoms with E-state index in [9.17, 15) is 0 Å². The van der Waals surface area contributed by atoms with Crippen molar-refractivity contribution >= 4 is 29.2 Å². The van der Waals surface area contributed by atoms with Crippen molar-refractivity contribution in [3.8, 4) is 0 Å². The van der Waals surface area contributed by atoms with Crippen LogP contribution in [0.1, 0.15) is 12.5 Å². The SMILES string of the molecule is CCN(c1nc(Cl)nc(N(C)C)n1)c1ccccc1C. The molecule has 1 aromatic carbocycles. The number of hydrogen-bond acceptors (Lipinski definition) is 5. The highest BCUT2D eigenvalue weighted by Gasteiger charge is 2.15. The number of aromatic nitrogens is 3. The lowest BCUT2D eigenvalue weighted by Gasteiger charge is -2.23. The number of halogens is 1. The lowest BCUT2D eigenvalue weighted by Crippen LogP contribution is -2.22. The predicted octanol–water partition coefficient (Wildman–Crippen LogP) is 3.06. The van der Waals surface area contributed by atoms with E-state index < -0.39 is 0 Å². The van der Waals surface area contributed by atoms with Gasteiger partial charge in [0.25, 0.3) is 0 Å². The van der Waals surface area contributed by atoms with Crippen molar-refractivity contribution in [2.24, 2.45) is 0 Å². The third-order valence-corrected chi connectivity index (χ3v) is 3.12. The van der Waals surface area contributed by atoms with E-state index in [1.54, 1.807) is 0 Å². The first-order chi connectivity index (χ1) is 9.52. The predicted molar refractivity (Wildman–Crippen MR) is 83.0 cm³/mol. The van der Waals surface area contributed by atoms with E-state index in [-0.39, 0.29) is 5.28 Å². The maximum Gasteiger partial charge on any atom is 0.236 e. The monoisotopic (exact) mass is 291 g/mol. The molecule has 0 saturated heterocycles. The Labute approximate surface area is 124 Å². The molecule has 0 unspecified atom stereocenters. The number of aryl methyl sites for hydroxylation is 1. The average Bonchev–Trinajstić information content (AvgIpc) is 2.41. The second-order valence-corrected chi connectivity index (χ2v) is 4.97. The van der Waals surface area contributed by atoms with Gasteiger partial charge in [0.15, 0.2) is 0 Å². The van der Waals surface area contributed by atoms with Gasteiger partial charge in [-0.3, -0.25) is 0 Å². The van der Waals surface area contributed by atoms with Crippen LogP contribution >= 0.6 is 11.6 Å². The number of hydrogen-bond donors (Lipinski definition) is 0. The van der Waals surface area contributed by atoms with Crippen LogP contribution in [0.25, 0.3) is 0 Å². The minimum atomic E-state index is 0.200. The van der Waals surface area contributed by atoms with Crippen LogP contribution < -0.4 is 9.80 Å². The van der Waals surface area contributed by atoms with Gasteiger partial charge in [-0.1, -0.05) is 18.2 Å². The molecule has 2 rings (SSSR count). The first kappa shape index (κ1) is 14.5. The molecule has 0 amide bonds. The number of benzene rings is 1. The summed E-state index contributed by atoms with van der Waals surface area (Å²) in [4.78, 5) is 16.7. The molecule has 106 valence electrons. The molecule has 0 radical (unpaired) electrons. The first-order valence-electron chi connectivity index (χ1n) is 6.45. The fourth-order valence-electron chi connectivity index (χ4n) is 1.94. The quantitative estimate of drug-likeness (QED) is 0.866. The Bertz CT molecular complexity index is 600. The Morgan fingerprint density at radius 3 is 2.30 bits per heavy atom. The standard InChI is InChI=1S/C14H18ClN5/c1-5-20(11-9-7-6-8-10(11)2)14-17-12(15)16-13(18-14)19(3)4/h6-9H,5H2,1-4H3. The van der Waals surface area contributed by atoms with E-state index in [4.69, 9.17) is 11.6 Å². The number of rotatable bonds is 4. The molecular weight excluding hydrogens is 274 g/mol. The van der Waals surface area contributed by atoms with Crippen LogP contribution in [0.3, 0.4) is 0 Å². The third-order valence-electron chi connectivity index (χ3n) is 2.95. The van der Waals surface area contributed by atoms with Crippen LogP contribution in [0.15, 0.2) is 24.3 Å². The second kappa shape index (κ2) is 6.05. The molecule has 2 aromatic rings. The summed E-state index contributed by atoms with van der Waals surface area (Å²) in [7, 11) is 3.75. The molecule has 0 aliphatic carbocycles. The Morgan fingerprint density at radius 1 is 1.05 bits per heavy atom. The van der Waals surface area contributed by atoms with Crippen LogP contribution in [0.2, 0.25) is 5.28 Å². The van der Waals surface area contributed by atoms with Gasteiger partial charge >= 0.3 is 0 Å². The van der Waals surface area contributed by atoms with Crippen LogP contribution in [0.4, 0.5) is 17.6 Å². The summed E-state index contributed by atoms with van der Waals surface area (Å²) in [5, 5.41) is 0.200. The number of anilines is 3. The van der Waals surface area contributed by atoms with Gasteiger partial charge < -0.3 is 9.80 Å². The van der Waals surface area contributed by atoms with Crippen molar-refractivity contribution in [2.45, 2.75) is 13.8 Å². The van der Waals surface area contributed by atoms with E-state index in [1.165, 1.54) is 0 Å². The average molecular weight is 292 g/mol. The maximum atomic E-state index is 6.01. The molecule has 0 N–H and O–H groups in total. The lowest BCUT2D eigenvalue weighted by atomic mass is 10.2. The van der Waals surface area contributed by atoms with Gasteiger partial charge in [-0.05, 0) is 37.1 Å². The summed E-state index contributed by atoms with van der Waals surface area (Å²) in [6, 6.07) is 8.12. The van der Waals surface area contributed by atoms with E-state index in [0.29, 0.717) is 11.9 Å². The van der Waals surface area contributed by atoms with Gasteiger partial charge in [-0.15, -0.1) is 0 Å². The van der Waals surface area contributed by atoms with Crippen molar-refractivity contribution in [3.63, 3.8) is 0 Å². The van der Waals surface area contributed by atoms with Gasteiger partial charge in [0.2, 0.25) is 17.2 Å². The molecule has 0 aliphatic heterocycles. The fraction of sp³-hybridized carbons (Fsp3) is 0.357. The molecular formula is C14H18ClN5. The van der Waals surface area contributed by atoms with Crippen molar-refractivity contribution in [3.05, 3.63) is 35.1 Å². The van der Waals surface area contributed by atoms with Crippen molar-refractivity contribution in [2.75, 3.05) is 30.4 Å². The molecule has 1 aromatic heterocycles. The van der Waals surface area contributed by atoms with E-state index in [2.05, 4.69) is 34.9 Å². The third kappa shape index (κ3) is 2.99. The van der Waals surface area contributed by atoms with Crippen molar-refractivity contribution in [1.29, 1.82) is 0 Å². The molecule has 0 atom stereocenters. The highest BCUT2D eigenvalue weighted by atomic mass is 35.5. The Morgan fingerprint density at radius 2 is 1.70 bits per heavy atom. The zero-order chi connectivity index (χ0) is 14.7. The van der Waals surface area contributed by atoms with Gasteiger partial charge in [0.1, 0.15) is 0 Å². The van der Waals surface area contributed by atoms with E-state index in [1.807, 2.05) is 42.1 Å². The zero-order valence-electron chi connectivity index (χ0n) is 12.1. The molecule has 1 heterocycles. The minimum absolute atomic E-state index is 0.200. The molecule has 20 heavy (non-hydrogen) atoms. The summed E-state index contributed by atoms with van der Waals surface area (Å²) in [6.07, 6.45) is 0. The van der Waals surface area contributed by atoms with Crippen LogP contribution in [0, 0.1) is 6.92 Å². The van der Waals surface area contributed by atoms with Gasteiger partial charge in [-0.25, -0.2) is 0 Å². The van der Waals surface area contributed by atoms with Crippen LogP contribution in [-0.4, -0.2) is 35.6 Å². The Balaban J connectivity index is 2.50. The van der Waals surface area contributed by atoms with Gasteiger partial charge in [0, 0.05) is 26.3 Å². The second-order valence-electron chi connectivity index (χ2n) is 4.63. The summed E-state index contributed by atoms with van der Waals surface area (Å²) >= 11 is 6.01. The topological polar surface area (TPSA) is 45.2 Å². The summed E-state index contributed by atoms with van der Waals surface area (Å²) in [5.74, 6) is 1.11. The zero-order valence-corrected chi connectivity index (χ0v) is 12.9. The summed E-state index contributed by atoms with van der Waals surface area (Å²) < 4.78 is 0. The molecule has 6 heteroatoms. The largest absolute Gasteiger partial charge is 0.347 e. The summed E-state index contributed by atoms with van der Waals surface area (Å²) in [6.45, 7) is 4.87. The molecule has 5 nitrogen and oxygen atoms in total. The molecule has 0 aliphatic rings. The van der Waals surface area contributed by atoms with Crippen LogP contribution in [0.5, 0.6) is 0 Å². The Hall–Kier alpha value is -1.88.